The average molecular weight is 250 g/mol. The van der Waals surface area contributed by atoms with Crippen LogP contribution >= 0.6 is 11.6 Å². The van der Waals surface area contributed by atoms with Crippen LogP contribution in [0.2, 0.25) is 0 Å². The Balaban J connectivity index is 3.10. The van der Waals surface area contributed by atoms with Crippen LogP contribution in [-0.4, -0.2) is 38.3 Å². The molecule has 0 saturated heterocycles. The molecule has 1 N–H and O–H groups in total. The molecule has 0 amide bonds. The Labute approximate surface area is 102 Å². The monoisotopic (exact) mass is 249 g/mol. The first-order valence-corrected chi connectivity index (χ1v) is 5.89. The number of ether oxygens (including phenoxy) is 2. The van der Waals surface area contributed by atoms with Gasteiger partial charge in [-0.2, -0.15) is 0 Å². The van der Waals surface area contributed by atoms with E-state index in [1.54, 1.807) is 6.92 Å². The van der Waals surface area contributed by atoms with E-state index >= 15 is 0 Å². The number of carbonyl (C=O) groups is 1. The summed E-state index contributed by atoms with van der Waals surface area (Å²) >= 11 is 5.43. The van der Waals surface area contributed by atoms with E-state index in [4.69, 9.17) is 21.1 Å². The zero-order valence-electron chi connectivity index (χ0n) is 9.76. The number of hydrogen-bond acceptors (Lipinski definition) is 4. The third-order valence-corrected chi connectivity index (χ3v) is 1.91. The Morgan fingerprint density at radius 1 is 1.38 bits per heavy atom. The van der Waals surface area contributed by atoms with Gasteiger partial charge >= 0.3 is 5.97 Å². The highest BCUT2D eigenvalue weighted by Gasteiger charge is 2.01. The van der Waals surface area contributed by atoms with Crippen LogP contribution in [-0.2, 0) is 14.3 Å². The van der Waals surface area contributed by atoms with Gasteiger partial charge in [-0.05, 0) is 26.3 Å². The maximum absolute atomic E-state index is 11.0. The van der Waals surface area contributed by atoms with Crippen LogP contribution in [0.4, 0.5) is 0 Å². The third kappa shape index (κ3) is 9.96. The number of esters is 1. The van der Waals surface area contributed by atoms with E-state index in [1.165, 1.54) is 0 Å². The molecule has 0 aliphatic heterocycles. The second-order valence-electron chi connectivity index (χ2n) is 3.36. The summed E-state index contributed by atoms with van der Waals surface area (Å²) in [6.07, 6.45) is 1.77. The van der Waals surface area contributed by atoms with Crippen LogP contribution in [0.1, 0.15) is 19.8 Å². The first-order valence-electron chi connectivity index (χ1n) is 5.35. The van der Waals surface area contributed by atoms with Crippen LogP contribution in [0.25, 0.3) is 0 Å². The molecule has 0 unspecified atom stereocenters. The standard InChI is InChI=1S/C11H20ClNO3/c1-10(2)11(14)16-7-4-3-6-13-9-15-8-5-12/h13H,1,3-9H2,2H3. The molecule has 0 bridgehead atoms. The maximum atomic E-state index is 11.0. The highest BCUT2D eigenvalue weighted by atomic mass is 35.5. The summed E-state index contributed by atoms with van der Waals surface area (Å²) < 4.78 is 10.1. The number of nitrogens with one attached hydrogen (secondary N) is 1. The van der Waals surface area contributed by atoms with Gasteiger partial charge in [0.05, 0.1) is 19.9 Å². The van der Waals surface area contributed by atoms with Crippen molar-refractivity contribution in [2.45, 2.75) is 19.8 Å². The van der Waals surface area contributed by atoms with Crippen molar-refractivity contribution in [2.75, 3.05) is 32.4 Å². The number of halogens is 1. The number of carbonyl (C=O) groups excluding carboxylic acids is 1. The van der Waals surface area contributed by atoms with Crippen molar-refractivity contribution in [1.82, 2.24) is 5.32 Å². The van der Waals surface area contributed by atoms with Crippen molar-refractivity contribution in [3.8, 4) is 0 Å². The van der Waals surface area contributed by atoms with Crippen LogP contribution in [0.3, 0.4) is 0 Å². The lowest BCUT2D eigenvalue weighted by Crippen LogP contribution is -2.20. The smallest absolute Gasteiger partial charge is 0.333 e. The van der Waals surface area contributed by atoms with Crippen LogP contribution < -0.4 is 5.32 Å². The van der Waals surface area contributed by atoms with Gasteiger partial charge in [-0.25, -0.2) is 4.79 Å². The largest absolute Gasteiger partial charge is 0.462 e. The van der Waals surface area contributed by atoms with E-state index in [1.807, 2.05) is 0 Å². The Hall–Kier alpha value is -0.580. The fraction of sp³-hybridized carbons (Fsp3) is 0.727. The minimum atomic E-state index is -0.321. The van der Waals surface area contributed by atoms with Gasteiger partial charge in [-0.15, -0.1) is 11.6 Å². The van der Waals surface area contributed by atoms with Gasteiger partial charge < -0.3 is 9.47 Å². The summed E-state index contributed by atoms with van der Waals surface area (Å²) in [5.41, 5.74) is 0.438. The van der Waals surface area contributed by atoms with Crippen LogP contribution in [0.5, 0.6) is 0 Å². The molecule has 0 aromatic heterocycles. The zero-order valence-corrected chi connectivity index (χ0v) is 10.5. The first-order chi connectivity index (χ1) is 7.68. The quantitative estimate of drug-likeness (QED) is 0.210. The van der Waals surface area contributed by atoms with E-state index in [-0.39, 0.29) is 5.97 Å². The second-order valence-corrected chi connectivity index (χ2v) is 3.74. The van der Waals surface area contributed by atoms with Crippen molar-refractivity contribution in [1.29, 1.82) is 0 Å². The molecule has 0 atom stereocenters. The Kier molecular flexibility index (Phi) is 10.5. The van der Waals surface area contributed by atoms with Crippen LogP contribution in [0.15, 0.2) is 12.2 Å². The molecule has 5 heteroatoms. The molecule has 94 valence electrons. The Bertz CT molecular complexity index is 209. The van der Waals surface area contributed by atoms with Gasteiger partial charge in [0.2, 0.25) is 0 Å². The molecule has 0 aliphatic carbocycles. The lowest BCUT2D eigenvalue weighted by molar-refractivity contribution is -0.139. The number of alkyl halides is 1. The molecule has 4 nitrogen and oxygen atoms in total. The van der Waals surface area contributed by atoms with E-state index < -0.39 is 0 Å². The van der Waals surface area contributed by atoms with Crippen LogP contribution in [0, 0.1) is 0 Å². The molecule has 0 aromatic rings. The normalized spacial score (nSPS) is 10.1. The van der Waals surface area contributed by atoms with Gasteiger partial charge in [0.1, 0.15) is 0 Å². The molecular weight excluding hydrogens is 230 g/mol. The fourth-order valence-electron chi connectivity index (χ4n) is 0.911. The van der Waals surface area contributed by atoms with E-state index in [0.29, 0.717) is 31.4 Å². The van der Waals surface area contributed by atoms with Gasteiger partial charge in [0.15, 0.2) is 0 Å². The van der Waals surface area contributed by atoms with E-state index in [9.17, 15) is 4.79 Å². The topological polar surface area (TPSA) is 47.6 Å². The number of unbranched alkanes of at least 4 members (excludes halogenated alkanes) is 1. The SMILES string of the molecule is C=C(C)C(=O)OCCCCNCOCCCl. The second kappa shape index (κ2) is 10.9. The summed E-state index contributed by atoms with van der Waals surface area (Å²) in [7, 11) is 0. The van der Waals surface area contributed by atoms with Crippen molar-refractivity contribution in [2.24, 2.45) is 0 Å². The lowest BCUT2D eigenvalue weighted by Gasteiger charge is -2.06. The van der Waals surface area contributed by atoms with E-state index in [2.05, 4.69) is 11.9 Å². The van der Waals surface area contributed by atoms with Gasteiger partial charge in [0.25, 0.3) is 0 Å². The van der Waals surface area contributed by atoms with Gasteiger partial charge in [-0.3, -0.25) is 5.32 Å². The summed E-state index contributed by atoms with van der Waals surface area (Å²) in [5.74, 6) is 0.192. The van der Waals surface area contributed by atoms with Crippen molar-refractivity contribution in [3.05, 3.63) is 12.2 Å². The zero-order chi connectivity index (χ0) is 12.2. The van der Waals surface area contributed by atoms with Crippen molar-refractivity contribution < 1.29 is 14.3 Å². The molecule has 0 aliphatic rings. The lowest BCUT2D eigenvalue weighted by atomic mass is 10.3. The third-order valence-electron chi connectivity index (χ3n) is 1.76. The minimum Gasteiger partial charge on any atom is -0.462 e. The molecular formula is C11H20ClNO3. The molecule has 0 heterocycles. The van der Waals surface area contributed by atoms with Gasteiger partial charge in [-0.1, -0.05) is 6.58 Å². The number of rotatable bonds is 10. The fourth-order valence-corrected chi connectivity index (χ4v) is 1.02. The Morgan fingerprint density at radius 2 is 2.12 bits per heavy atom. The molecule has 0 saturated carbocycles. The molecule has 0 fully saturated rings. The Morgan fingerprint density at radius 3 is 2.75 bits per heavy atom. The number of hydrogen-bond donors (Lipinski definition) is 1. The summed E-state index contributed by atoms with van der Waals surface area (Å²) in [5, 5.41) is 3.09. The molecule has 16 heavy (non-hydrogen) atoms. The molecule has 0 rings (SSSR count). The highest BCUT2D eigenvalue weighted by molar-refractivity contribution is 6.17. The predicted molar refractivity (Wildman–Crippen MR) is 64.5 cm³/mol. The van der Waals surface area contributed by atoms with E-state index in [0.717, 1.165) is 19.4 Å². The molecule has 0 radical (unpaired) electrons. The first kappa shape index (κ1) is 15.4. The summed E-state index contributed by atoms with van der Waals surface area (Å²) in [4.78, 5) is 11.0. The summed E-state index contributed by atoms with van der Waals surface area (Å²) in [6.45, 7) is 7.49. The predicted octanol–water partition coefficient (Wildman–Crippen LogP) is 1.69. The molecule has 0 aromatic carbocycles. The molecule has 0 spiro atoms. The summed E-state index contributed by atoms with van der Waals surface area (Å²) in [6, 6.07) is 0. The van der Waals surface area contributed by atoms with Gasteiger partial charge in [0, 0.05) is 11.5 Å². The maximum Gasteiger partial charge on any atom is 0.333 e. The van der Waals surface area contributed by atoms with Crippen molar-refractivity contribution in [3.63, 3.8) is 0 Å². The average Bonchev–Trinajstić information content (AvgIpc) is 2.26. The highest BCUT2D eigenvalue weighted by Crippen LogP contribution is 1.95. The van der Waals surface area contributed by atoms with Crippen molar-refractivity contribution >= 4 is 17.6 Å². The minimum absolute atomic E-state index is 0.321.